The van der Waals surface area contributed by atoms with Crippen molar-refractivity contribution < 1.29 is 15.0 Å². The summed E-state index contributed by atoms with van der Waals surface area (Å²) in [5, 5.41) is 17.1. The van der Waals surface area contributed by atoms with Gasteiger partial charge in [0.25, 0.3) is 0 Å². The van der Waals surface area contributed by atoms with Gasteiger partial charge in [0, 0.05) is 13.0 Å². The van der Waals surface area contributed by atoms with Crippen LogP contribution in [0.15, 0.2) is 36.5 Å². The van der Waals surface area contributed by atoms with Gasteiger partial charge in [0.05, 0.1) is 0 Å². The molecule has 0 atom stereocenters. The fourth-order valence-electron chi connectivity index (χ4n) is 1.92. The first kappa shape index (κ1) is 19.7. The summed E-state index contributed by atoms with van der Waals surface area (Å²) in [6.07, 6.45) is 22.2. The van der Waals surface area contributed by atoms with Crippen molar-refractivity contribution in [3.63, 3.8) is 0 Å². The second-order valence-electron chi connectivity index (χ2n) is 5.10. The van der Waals surface area contributed by atoms with Gasteiger partial charge in [-0.2, -0.15) is 0 Å². The molecule has 0 aromatic carbocycles. The fourth-order valence-corrected chi connectivity index (χ4v) is 1.92. The van der Waals surface area contributed by atoms with Crippen molar-refractivity contribution in [2.45, 2.75) is 64.2 Å². The maximum Gasteiger partial charge on any atom is 0.303 e. The van der Waals surface area contributed by atoms with Crippen LogP contribution in [0, 0.1) is 0 Å². The minimum Gasteiger partial charge on any atom is -0.481 e. The van der Waals surface area contributed by atoms with Gasteiger partial charge < -0.3 is 10.2 Å². The Morgan fingerprint density at radius 2 is 1.24 bits per heavy atom. The number of hydrogen-bond donors (Lipinski definition) is 2. The van der Waals surface area contributed by atoms with E-state index in [2.05, 4.69) is 30.4 Å². The third-order valence-electron chi connectivity index (χ3n) is 3.10. The van der Waals surface area contributed by atoms with E-state index >= 15 is 0 Å². The molecule has 21 heavy (non-hydrogen) atoms. The van der Waals surface area contributed by atoms with Crippen LogP contribution in [0.5, 0.6) is 0 Å². The number of allylic oxidation sites excluding steroid dienone is 5. The van der Waals surface area contributed by atoms with Gasteiger partial charge in [0.1, 0.15) is 0 Å². The van der Waals surface area contributed by atoms with Crippen molar-refractivity contribution in [3.8, 4) is 0 Å². The number of aliphatic carboxylic acids is 1. The van der Waals surface area contributed by atoms with Crippen LogP contribution in [0.2, 0.25) is 0 Å². The van der Waals surface area contributed by atoms with E-state index in [0.717, 1.165) is 44.9 Å². The topological polar surface area (TPSA) is 57.5 Å². The van der Waals surface area contributed by atoms with Crippen molar-refractivity contribution in [1.82, 2.24) is 0 Å². The average molecular weight is 294 g/mol. The first-order valence-corrected chi connectivity index (χ1v) is 8.05. The number of rotatable bonds is 14. The third kappa shape index (κ3) is 18.6. The molecule has 0 unspecified atom stereocenters. The van der Waals surface area contributed by atoms with E-state index in [-0.39, 0.29) is 6.61 Å². The van der Waals surface area contributed by atoms with Gasteiger partial charge in [-0.05, 0) is 38.5 Å². The second kappa shape index (κ2) is 16.7. The van der Waals surface area contributed by atoms with Crippen LogP contribution in [-0.2, 0) is 4.79 Å². The van der Waals surface area contributed by atoms with E-state index in [4.69, 9.17) is 10.2 Å². The van der Waals surface area contributed by atoms with Crippen molar-refractivity contribution in [2.75, 3.05) is 6.61 Å². The monoisotopic (exact) mass is 294 g/mol. The predicted octanol–water partition coefficient (Wildman–Crippen LogP) is 4.63. The van der Waals surface area contributed by atoms with E-state index in [1.807, 2.05) is 6.08 Å². The molecule has 120 valence electrons. The normalized spacial score (nSPS) is 12.0. The molecular weight excluding hydrogens is 264 g/mol. The highest BCUT2D eigenvalue weighted by Gasteiger charge is 1.95. The van der Waals surface area contributed by atoms with Crippen LogP contribution in [0.25, 0.3) is 0 Å². The van der Waals surface area contributed by atoms with Gasteiger partial charge in [-0.3, -0.25) is 4.79 Å². The summed E-state index contributed by atoms with van der Waals surface area (Å²) < 4.78 is 0. The Morgan fingerprint density at radius 3 is 1.86 bits per heavy atom. The highest BCUT2D eigenvalue weighted by molar-refractivity contribution is 5.66. The predicted molar refractivity (Wildman–Crippen MR) is 88.3 cm³/mol. The minimum absolute atomic E-state index is 0.225. The molecule has 0 spiro atoms. The number of carboxylic acid groups (broad SMARTS) is 1. The van der Waals surface area contributed by atoms with Crippen LogP contribution < -0.4 is 0 Å². The summed E-state index contributed by atoms with van der Waals surface area (Å²) in [5.74, 6) is -0.685. The SMILES string of the molecule is O=C(O)CCCCCCCC=CCC=CCC=CCCO. The lowest BCUT2D eigenvalue weighted by Gasteiger charge is -1.98. The van der Waals surface area contributed by atoms with E-state index in [0.29, 0.717) is 6.42 Å². The molecule has 0 bridgehead atoms. The molecule has 0 aliphatic carbocycles. The minimum atomic E-state index is -0.685. The summed E-state index contributed by atoms with van der Waals surface area (Å²) in [4.78, 5) is 10.3. The largest absolute Gasteiger partial charge is 0.481 e. The first-order chi connectivity index (χ1) is 10.3. The Balaban J connectivity index is 3.25. The highest BCUT2D eigenvalue weighted by Crippen LogP contribution is 2.07. The quantitative estimate of drug-likeness (QED) is 0.362. The van der Waals surface area contributed by atoms with Crippen molar-refractivity contribution >= 4 is 5.97 Å². The maximum absolute atomic E-state index is 10.3. The molecule has 0 aromatic rings. The molecule has 2 N–H and O–H groups in total. The van der Waals surface area contributed by atoms with Gasteiger partial charge in [-0.15, -0.1) is 0 Å². The van der Waals surface area contributed by atoms with Gasteiger partial charge in [-0.1, -0.05) is 55.7 Å². The van der Waals surface area contributed by atoms with Gasteiger partial charge in [-0.25, -0.2) is 0 Å². The van der Waals surface area contributed by atoms with Gasteiger partial charge >= 0.3 is 5.97 Å². The molecule has 0 aliphatic rings. The van der Waals surface area contributed by atoms with Crippen molar-refractivity contribution in [2.24, 2.45) is 0 Å². The molecule has 0 radical (unpaired) electrons. The number of aliphatic hydroxyl groups excluding tert-OH is 1. The molecule has 0 fully saturated rings. The second-order valence-corrected chi connectivity index (χ2v) is 5.10. The third-order valence-corrected chi connectivity index (χ3v) is 3.10. The Bertz CT molecular complexity index is 316. The van der Waals surface area contributed by atoms with E-state index in [1.165, 1.54) is 12.8 Å². The van der Waals surface area contributed by atoms with Crippen LogP contribution in [0.1, 0.15) is 64.2 Å². The molecule has 0 heterocycles. The summed E-state index contributed by atoms with van der Waals surface area (Å²) >= 11 is 0. The molecule has 0 saturated carbocycles. The molecule has 0 saturated heterocycles. The summed E-state index contributed by atoms with van der Waals surface area (Å²) in [6, 6.07) is 0. The Kier molecular flexibility index (Phi) is 15.6. The van der Waals surface area contributed by atoms with Gasteiger partial charge in [0.15, 0.2) is 0 Å². The lowest BCUT2D eigenvalue weighted by molar-refractivity contribution is -0.137. The maximum atomic E-state index is 10.3. The van der Waals surface area contributed by atoms with Crippen LogP contribution in [0.3, 0.4) is 0 Å². The number of hydrogen-bond acceptors (Lipinski definition) is 2. The summed E-state index contributed by atoms with van der Waals surface area (Å²) in [5.41, 5.74) is 0. The molecule has 0 amide bonds. The highest BCUT2D eigenvalue weighted by atomic mass is 16.4. The standard InChI is InChI=1S/C18H30O3/c19-17-15-13-11-9-7-5-3-1-2-4-6-8-10-12-14-16-18(20)21/h1-2,5,7,11,13,19H,3-4,6,8-10,12,14-17H2,(H,20,21). The van der Waals surface area contributed by atoms with Crippen molar-refractivity contribution in [3.05, 3.63) is 36.5 Å². The van der Waals surface area contributed by atoms with Gasteiger partial charge in [0.2, 0.25) is 0 Å². The van der Waals surface area contributed by atoms with E-state index < -0.39 is 5.97 Å². The lowest BCUT2D eigenvalue weighted by atomic mass is 10.1. The number of unbranched alkanes of at least 4 members (excludes halogenated alkanes) is 5. The summed E-state index contributed by atoms with van der Waals surface area (Å²) in [7, 11) is 0. The van der Waals surface area contributed by atoms with E-state index in [9.17, 15) is 4.79 Å². The van der Waals surface area contributed by atoms with E-state index in [1.54, 1.807) is 0 Å². The molecule has 0 rings (SSSR count). The number of carboxylic acids is 1. The first-order valence-electron chi connectivity index (χ1n) is 8.05. The summed E-state index contributed by atoms with van der Waals surface area (Å²) in [6.45, 7) is 0.225. The molecule has 0 aromatic heterocycles. The average Bonchev–Trinajstić information content (AvgIpc) is 2.46. The van der Waals surface area contributed by atoms with Crippen LogP contribution in [-0.4, -0.2) is 22.8 Å². The molecule has 0 aliphatic heterocycles. The number of aliphatic hydroxyl groups is 1. The molecular formula is C18H30O3. The lowest BCUT2D eigenvalue weighted by Crippen LogP contribution is -1.93. The van der Waals surface area contributed by atoms with Crippen LogP contribution in [0.4, 0.5) is 0 Å². The zero-order chi connectivity index (χ0) is 15.6. The van der Waals surface area contributed by atoms with Crippen LogP contribution >= 0.6 is 0 Å². The Hall–Kier alpha value is -1.35. The zero-order valence-corrected chi connectivity index (χ0v) is 13.0. The fraction of sp³-hybridized carbons (Fsp3) is 0.611. The smallest absolute Gasteiger partial charge is 0.303 e. The molecule has 3 nitrogen and oxygen atoms in total. The van der Waals surface area contributed by atoms with Crippen molar-refractivity contribution in [1.29, 1.82) is 0 Å². The molecule has 3 heteroatoms. The Morgan fingerprint density at radius 1 is 0.714 bits per heavy atom. The zero-order valence-electron chi connectivity index (χ0n) is 13.0. The number of carbonyl (C=O) groups is 1. The Labute approximate surface area is 129 Å².